The molecule has 0 bridgehead atoms. The van der Waals surface area contributed by atoms with Gasteiger partial charge in [0.15, 0.2) is 0 Å². The fraction of sp³-hybridized carbons (Fsp3) is 0.263. The number of rotatable bonds is 6. The molecule has 24 heavy (non-hydrogen) atoms. The zero-order valence-electron chi connectivity index (χ0n) is 13.9. The van der Waals surface area contributed by atoms with Gasteiger partial charge in [-0.3, -0.25) is 4.79 Å². The highest BCUT2D eigenvalue weighted by molar-refractivity contribution is 5.84. The molecular weight excluding hydrogens is 304 g/mol. The Labute approximate surface area is 141 Å². The van der Waals surface area contributed by atoms with E-state index in [-0.39, 0.29) is 11.8 Å². The van der Waals surface area contributed by atoms with Crippen LogP contribution in [0.2, 0.25) is 0 Å². The summed E-state index contributed by atoms with van der Waals surface area (Å²) in [6.07, 6.45) is 0. The number of methoxy groups -OCH3 is 2. The molecule has 2 aromatic rings. The van der Waals surface area contributed by atoms with Gasteiger partial charge in [0.25, 0.3) is 0 Å². The minimum atomic E-state index is -0.801. The van der Waals surface area contributed by atoms with E-state index in [1.165, 1.54) is 7.11 Å². The van der Waals surface area contributed by atoms with Crippen molar-refractivity contribution in [2.24, 2.45) is 0 Å². The predicted octanol–water partition coefficient (Wildman–Crippen LogP) is 3.19. The molecule has 1 amide bonds. The first kappa shape index (κ1) is 17.4. The summed E-state index contributed by atoms with van der Waals surface area (Å²) in [6.45, 7) is 1.81. The number of nitrogens with one attached hydrogen (secondary N) is 1. The van der Waals surface area contributed by atoms with Crippen LogP contribution in [-0.2, 0) is 4.79 Å². The number of hydrogen-bond donors (Lipinski definition) is 1. The molecule has 2 unspecified atom stereocenters. The second-order valence-electron chi connectivity index (χ2n) is 5.31. The number of benzene rings is 2. The van der Waals surface area contributed by atoms with Gasteiger partial charge in [-0.25, -0.2) is 0 Å². The van der Waals surface area contributed by atoms with E-state index < -0.39 is 6.04 Å². The molecule has 5 heteroatoms. The van der Waals surface area contributed by atoms with Crippen LogP contribution in [-0.4, -0.2) is 20.1 Å². The average molecular weight is 324 g/mol. The molecule has 2 aromatic carbocycles. The van der Waals surface area contributed by atoms with Crippen LogP contribution in [0.1, 0.15) is 30.0 Å². The minimum Gasteiger partial charge on any atom is -0.497 e. The van der Waals surface area contributed by atoms with Gasteiger partial charge in [-0.1, -0.05) is 30.3 Å². The molecule has 5 nitrogen and oxygen atoms in total. The van der Waals surface area contributed by atoms with Crippen LogP contribution in [0.25, 0.3) is 0 Å². The summed E-state index contributed by atoms with van der Waals surface area (Å²) in [5.41, 5.74) is 1.49. The number of carbonyl (C=O) groups excluding carboxylic acids is 1. The van der Waals surface area contributed by atoms with Crippen LogP contribution in [0.5, 0.6) is 11.5 Å². The molecular formula is C19H20N2O3. The molecule has 0 saturated heterocycles. The predicted molar refractivity (Wildman–Crippen MR) is 90.9 cm³/mol. The number of ether oxygens (including phenoxy) is 2. The zero-order valence-corrected chi connectivity index (χ0v) is 13.9. The molecule has 0 aliphatic heterocycles. The Bertz CT molecular complexity index is 738. The lowest BCUT2D eigenvalue weighted by Crippen LogP contribution is -2.31. The Morgan fingerprint density at radius 1 is 1.12 bits per heavy atom. The maximum absolute atomic E-state index is 12.5. The standard InChI is InChI=1S/C19H20N2O3/c1-13(14-7-5-4-6-8-14)19(22)21-17(12-20)16-10-9-15(23-2)11-18(16)24-3/h4-11,13,17H,1-3H3,(H,21,22). The number of hydrogen-bond acceptors (Lipinski definition) is 4. The van der Waals surface area contributed by atoms with E-state index in [2.05, 4.69) is 11.4 Å². The van der Waals surface area contributed by atoms with Crippen molar-refractivity contribution >= 4 is 5.91 Å². The van der Waals surface area contributed by atoms with Crippen molar-refractivity contribution in [1.29, 1.82) is 5.26 Å². The smallest absolute Gasteiger partial charge is 0.228 e. The van der Waals surface area contributed by atoms with Crippen molar-refractivity contribution in [3.8, 4) is 17.6 Å². The second-order valence-corrected chi connectivity index (χ2v) is 5.31. The molecule has 2 rings (SSSR count). The zero-order chi connectivity index (χ0) is 17.5. The van der Waals surface area contributed by atoms with E-state index in [4.69, 9.17) is 9.47 Å². The maximum Gasteiger partial charge on any atom is 0.228 e. The Morgan fingerprint density at radius 2 is 1.83 bits per heavy atom. The molecule has 1 N–H and O–H groups in total. The lowest BCUT2D eigenvalue weighted by atomic mass is 9.99. The molecule has 0 aliphatic rings. The monoisotopic (exact) mass is 324 g/mol. The van der Waals surface area contributed by atoms with Crippen molar-refractivity contribution in [1.82, 2.24) is 5.32 Å². The van der Waals surface area contributed by atoms with Crippen LogP contribution in [0.15, 0.2) is 48.5 Å². The summed E-state index contributed by atoms with van der Waals surface area (Å²) in [5.74, 6) is 0.543. The summed E-state index contributed by atoms with van der Waals surface area (Å²) < 4.78 is 10.5. The molecule has 0 aromatic heterocycles. The van der Waals surface area contributed by atoms with Crippen molar-refractivity contribution in [2.45, 2.75) is 18.9 Å². The van der Waals surface area contributed by atoms with Gasteiger partial charge in [0.1, 0.15) is 17.5 Å². The number of carbonyl (C=O) groups is 1. The molecule has 0 heterocycles. The topological polar surface area (TPSA) is 71.3 Å². The SMILES string of the molecule is COc1ccc(C(C#N)NC(=O)C(C)c2ccccc2)c(OC)c1. The lowest BCUT2D eigenvalue weighted by Gasteiger charge is -2.18. The first-order valence-corrected chi connectivity index (χ1v) is 7.57. The Kier molecular flexibility index (Phi) is 5.80. The molecule has 0 aliphatic carbocycles. The molecule has 124 valence electrons. The fourth-order valence-electron chi connectivity index (χ4n) is 2.40. The largest absolute Gasteiger partial charge is 0.497 e. The third-order valence-corrected chi connectivity index (χ3v) is 3.86. The van der Waals surface area contributed by atoms with Crippen LogP contribution < -0.4 is 14.8 Å². The highest BCUT2D eigenvalue weighted by Crippen LogP contribution is 2.29. The highest BCUT2D eigenvalue weighted by atomic mass is 16.5. The van der Waals surface area contributed by atoms with Crippen molar-refractivity contribution < 1.29 is 14.3 Å². The average Bonchev–Trinajstić information content (AvgIpc) is 2.65. The highest BCUT2D eigenvalue weighted by Gasteiger charge is 2.22. The molecule has 0 radical (unpaired) electrons. The molecule has 0 fully saturated rings. The van der Waals surface area contributed by atoms with Crippen LogP contribution in [0.4, 0.5) is 0 Å². The number of amides is 1. The number of nitriles is 1. The van der Waals surface area contributed by atoms with Crippen molar-refractivity contribution in [3.63, 3.8) is 0 Å². The van der Waals surface area contributed by atoms with E-state index in [0.29, 0.717) is 17.1 Å². The van der Waals surface area contributed by atoms with Crippen molar-refractivity contribution in [2.75, 3.05) is 14.2 Å². The maximum atomic E-state index is 12.5. The normalized spacial score (nSPS) is 12.6. The first-order chi connectivity index (χ1) is 11.6. The van der Waals surface area contributed by atoms with Crippen LogP contribution >= 0.6 is 0 Å². The first-order valence-electron chi connectivity index (χ1n) is 7.57. The summed E-state index contributed by atoms with van der Waals surface area (Å²) >= 11 is 0. The third kappa shape index (κ3) is 3.85. The minimum absolute atomic E-state index is 0.217. The van der Waals surface area contributed by atoms with Gasteiger partial charge in [-0.2, -0.15) is 5.26 Å². The Balaban J connectivity index is 2.21. The van der Waals surface area contributed by atoms with Gasteiger partial charge in [-0.15, -0.1) is 0 Å². The van der Waals surface area contributed by atoms with Gasteiger partial charge in [-0.05, 0) is 24.6 Å². The summed E-state index contributed by atoms with van der Waals surface area (Å²) in [6, 6.07) is 15.9. The summed E-state index contributed by atoms with van der Waals surface area (Å²) in [4.78, 5) is 12.5. The van der Waals surface area contributed by atoms with Gasteiger partial charge >= 0.3 is 0 Å². The van der Waals surface area contributed by atoms with E-state index in [9.17, 15) is 10.1 Å². The van der Waals surface area contributed by atoms with Gasteiger partial charge in [0, 0.05) is 11.6 Å². The summed E-state index contributed by atoms with van der Waals surface area (Å²) in [5, 5.41) is 12.2. The van der Waals surface area contributed by atoms with E-state index >= 15 is 0 Å². The fourth-order valence-corrected chi connectivity index (χ4v) is 2.40. The summed E-state index contributed by atoms with van der Waals surface area (Å²) in [7, 11) is 3.07. The third-order valence-electron chi connectivity index (χ3n) is 3.86. The van der Waals surface area contributed by atoms with E-state index in [0.717, 1.165) is 5.56 Å². The van der Waals surface area contributed by atoms with E-state index in [1.807, 2.05) is 37.3 Å². The number of nitrogens with zero attached hydrogens (tertiary/aromatic N) is 1. The van der Waals surface area contributed by atoms with Gasteiger partial charge in [0.2, 0.25) is 5.91 Å². The lowest BCUT2D eigenvalue weighted by molar-refractivity contribution is -0.122. The van der Waals surface area contributed by atoms with Gasteiger partial charge < -0.3 is 14.8 Å². The molecule has 2 atom stereocenters. The molecule has 0 spiro atoms. The quantitative estimate of drug-likeness (QED) is 0.886. The van der Waals surface area contributed by atoms with Crippen LogP contribution in [0, 0.1) is 11.3 Å². The van der Waals surface area contributed by atoms with Crippen molar-refractivity contribution in [3.05, 3.63) is 59.7 Å². The van der Waals surface area contributed by atoms with Crippen LogP contribution in [0.3, 0.4) is 0 Å². The second kappa shape index (κ2) is 8.02. The Hall–Kier alpha value is -3.00. The van der Waals surface area contributed by atoms with E-state index in [1.54, 1.807) is 25.3 Å². The van der Waals surface area contributed by atoms with Gasteiger partial charge in [0.05, 0.1) is 26.2 Å². The Morgan fingerprint density at radius 3 is 2.42 bits per heavy atom. The molecule has 0 saturated carbocycles.